The van der Waals surface area contributed by atoms with Crippen LogP contribution in [0, 0.1) is 0 Å². The van der Waals surface area contributed by atoms with E-state index >= 15 is 0 Å². The molecule has 2 heterocycles. The number of rotatable bonds is 3. The molecule has 0 spiro atoms. The fourth-order valence-corrected chi connectivity index (χ4v) is 7.57. The van der Waals surface area contributed by atoms with E-state index in [1.165, 1.54) is 33.0 Å². The Morgan fingerprint density at radius 2 is 1.04 bits per heavy atom. The third-order valence-corrected chi connectivity index (χ3v) is 10.6. The highest BCUT2D eigenvalue weighted by molar-refractivity contribution is 6.14. The summed E-state index contributed by atoms with van der Waals surface area (Å²) in [5.74, 6) is 0. The second kappa shape index (κ2) is 9.12. The van der Waals surface area contributed by atoms with Gasteiger partial charge >= 0.3 is 0 Å². The molecule has 6 aromatic carbocycles. The monoisotopic (exact) mass is 583 g/mol. The molecule has 3 heteroatoms. The minimum Gasteiger partial charge on any atom is -0.456 e. The van der Waals surface area contributed by atoms with Gasteiger partial charge < -0.3 is 13.7 Å². The van der Waals surface area contributed by atoms with Crippen molar-refractivity contribution in [2.45, 2.75) is 38.5 Å². The van der Waals surface area contributed by atoms with Gasteiger partial charge in [0.2, 0.25) is 0 Å². The first-order chi connectivity index (χ1) is 21.8. The standard InChI is InChI=1S/C42H33NO2/c1-41(2)33-22-23-37-40(32-15-9-11-17-36(32)44-37)39(33)31-21-19-27(24-34(31)42(41,3)4)43(26-12-6-5-7-13-26)28-18-20-30-29-14-8-10-16-35(29)45-38(30)25-28/h5-25H,1-4H3. The Balaban J connectivity index is 1.30. The maximum atomic E-state index is 6.37. The van der Waals surface area contributed by atoms with Gasteiger partial charge in [0.25, 0.3) is 0 Å². The lowest BCUT2D eigenvalue weighted by Crippen LogP contribution is -2.43. The molecule has 0 N–H and O–H groups in total. The molecule has 9 rings (SSSR count). The van der Waals surface area contributed by atoms with Gasteiger partial charge in [-0.25, -0.2) is 0 Å². The van der Waals surface area contributed by atoms with Crippen LogP contribution in [0.3, 0.4) is 0 Å². The van der Waals surface area contributed by atoms with Crippen molar-refractivity contribution in [3.8, 4) is 11.1 Å². The highest BCUT2D eigenvalue weighted by Crippen LogP contribution is 2.57. The van der Waals surface area contributed by atoms with E-state index in [2.05, 4.69) is 142 Å². The Hall–Kier alpha value is -5.28. The van der Waals surface area contributed by atoms with Gasteiger partial charge in [-0.3, -0.25) is 0 Å². The summed E-state index contributed by atoms with van der Waals surface area (Å²) >= 11 is 0. The van der Waals surface area contributed by atoms with Crippen molar-refractivity contribution in [3.05, 3.63) is 139 Å². The summed E-state index contributed by atoms with van der Waals surface area (Å²) in [6.07, 6.45) is 0. The number of furan rings is 2. The van der Waals surface area contributed by atoms with Crippen molar-refractivity contribution >= 4 is 60.9 Å². The lowest BCUT2D eigenvalue weighted by Gasteiger charge is -2.48. The van der Waals surface area contributed by atoms with Gasteiger partial charge in [-0.1, -0.05) is 94.4 Å². The molecule has 0 unspecified atom stereocenters. The number of anilines is 3. The quantitative estimate of drug-likeness (QED) is 0.207. The van der Waals surface area contributed by atoms with Crippen LogP contribution in [0.25, 0.3) is 55.0 Å². The predicted molar refractivity (Wildman–Crippen MR) is 187 cm³/mol. The van der Waals surface area contributed by atoms with E-state index in [-0.39, 0.29) is 10.8 Å². The lowest BCUT2D eigenvalue weighted by molar-refractivity contribution is 0.299. The largest absolute Gasteiger partial charge is 0.456 e. The molecule has 0 aliphatic heterocycles. The summed E-state index contributed by atoms with van der Waals surface area (Å²) in [4.78, 5) is 2.35. The summed E-state index contributed by atoms with van der Waals surface area (Å²) in [6.45, 7) is 9.56. The van der Waals surface area contributed by atoms with Gasteiger partial charge in [0, 0.05) is 44.7 Å². The third kappa shape index (κ3) is 3.58. The predicted octanol–water partition coefficient (Wildman–Crippen LogP) is 12.2. The lowest BCUT2D eigenvalue weighted by atomic mass is 9.55. The Kier molecular flexibility index (Phi) is 5.30. The molecule has 0 amide bonds. The number of nitrogens with zero attached hydrogens (tertiary/aromatic N) is 1. The van der Waals surface area contributed by atoms with Crippen LogP contribution < -0.4 is 4.90 Å². The van der Waals surface area contributed by atoms with Crippen LogP contribution in [-0.4, -0.2) is 0 Å². The average Bonchev–Trinajstić information content (AvgIpc) is 3.62. The van der Waals surface area contributed by atoms with E-state index in [1.807, 2.05) is 18.2 Å². The van der Waals surface area contributed by atoms with Crippen LogP contribution in [-0.2, 0) is 10.8 Å². The molecule has 0 bridgehead atoms. The van der Waals surface area contributed by atoms with Crippen molar-refractivity contribution in [1.82, 2.24) is 0 Å². The zero-order chi connectivity index (χ0) is 30.5. The molecular formula is C42H33NO2. The van der Waals surface area contributed by atoms with Crippen LogP contribution in [0.2, 0.25) is 0 Å². The molecule has 8 aromatic rings. The highest BCUT2D eigenvalue weighted by atomic mass is 16.3. The summed E-state index contributed by atoms with van der Waals surface area (Å²) in [6, 6.07) is 45.3. The topological polar surface area (TPSA) is 29.5 Å². The van der Waals surface area contributed by atoms with Gasteiger partial charge in [-0.2, -0.15) is 0 Å². The Morgan fingerprint density at radius 1 is 0.444 bits per heavy atom. The maximum absolute atomic E-state index is 6.37. The number of benzene rings is 6. The van der Waals surface area contributed by atoms with E-state index in [1.54, 1.807) is 0 Å². The molecule has 0 saturated heterocycles. The van der Waals surface area contributed by atoms with Gasteiger partial charge in [-0.15, -0.1) is 0 Å². The average molecular weight is 584 g/mol. The first kappa shape index (κ1) is 26.2. The van der Waals surface area contributed by atoms with Crippen LogP contribution in [0.1, 0.15) is 38.8 Å². The Bertz CT molecular complexity index is 2440. The van der Waals surface area contributed by atoms with Gasteiger partial charge in [-0.05, 0) is 87.7 Å². The molecule has 0 atom stereocenters. The summed E-state index contributed by atoms with van der Waals surface area (Å²) in [5.41, 5.74) is 11.9. The minimum atomic E-state index is -0.149. The molecule has 1 aliphatic rings. The van der Waals surface area contributed by atoms with Crippen molar-refractivity contribution in [2.24, 2.45) is 0 Å². The van der Waals surface area contributed by atoms with E-state index in [0.29, 0.717) is 0 Å². The van der Waals surface area contributed by atoms with Crippen LogP contribution in [0.4, 0.5) is 17.1 Å². The molecule has 0 fully saturated rings. The smallest absolute Gasteiger partial charge is 0.137 e. The molecule has 0 saturated carbocycles. The first-order valence-electron chi connectivity index (χ1n) is 15.7. The van der Waals surface area contributed by atoms with E-state index < -0.39 is 0 Å². The van der Waals surface area contributed by atoms with Crippen LogP contribution in [0.5, 0.6) is 0 Å². The Labute approximate surface area is 262 Å². The molecule has 3 nitrogen and oxygen atoms in total. The highest BCUT2D eigenvalue weighted by Gasteiger charge is 2.47. The zero-order valence-corrected chi connectivity index (χ0v) is 25.9. The van der Waals surface area contributed by atoms with Gasteiger partial charge in [0.05, 0.1) is 0 Å². The minimum absolute atomic E-state index is 0.134. The molecule has 1 aliphatic carbocycles. The zero-order valence-electron chi connectivity index (χ0n) is 25.9. The fourth-order valence-electron chi connectivity index (χ4n) is 7.57. The fraction of sp³-hybridized carbons (Fsp3) is 0.143. The summed E-state index contributed by atoms with van der Waals surface area (Å²) in [5, 5.41) is 4.64. The maximum Gasteiger partial charge on any atom is 0.137 e. The SMILES string of the molecule is CC1(C)c2cc(N(c3ccccc3)c3ccc4c(c3)oc3ccccc34)ccc2-c2c(ccc3oc4ccccc4c23)C1(C)C. The van der Waals surface area contributed by atoms with Crippen molar-refractivity contribution < 1.29 is 8.83 Å². The number of hydrogen-bond donors (Lipinski definition) is 0. The molecular weight excluding hydrogens is 550 g/mol. The van der Waals surface area contributed by atoms with Gasteiger partial charge in [0.1, 0.15) is 22.3 Å². The number of fused-ring (bicyclic) bond motifs is 10. The molecule has 218 valence electrons. The normalized spacial score (nSPS) is 15.0. The molecule has 2 aromatic heterocycles. The first-order valence-corrected chi connectivity index (χ1v) is 15.7. The summed E-state index contributed by atoms with van der Waals surface area (Å²) in [7, 11) is 0. The Morgan fingerprint density at radius 3 is 1.84 bits per heavy atom. The third-order valence-electron chi connectivity index (χ3n) is 10.6. The second-order valence-corrected chi connectivity index (χ2v) is 13.4. The van der Waals surface area contributed by atoms with Crippen LogP contribution in [0.15, 0.2) is 136 Å². The van der Waals surface area contributed by atoms with E-state index in [4.69, 9.17) is 8.83 Å². The number of hydrogen-bond acceptors (Lipinski definition) is 3. The van der Waals surface area contributed by atoms with Crippen molar-refractivity contribution in [2.75, 3.05) is 4.90 Å². The summed E-state index contributed by atoms with van der Waals surface area (Å²) < 4.78 is 12.7. The van der Waals surface area contributed by atoms with Crippen LogP contribution >= 0.6 is 0 Å². The number of para-hydroxylation sites is 3. The molecule has 0 radical (unpaired) electrons. The van der Waals surface area contributed by atoms with E-state index in [9.17, 15) is 0 Å². The molecule has 45 heavy (non-hydrogen) atoms. The van der Waals surface area contributed by atoms with Gasteiger partial charge in [0.15, 0.2) is 0 Å². The van der Waals surface area contributed by atoms with Crippen molar-refractivity contribution in [3.63, 3.8) is 0 Å². The van der Waals surface area contributed by atoms with E-state index in [0.717, 1.165) is 50.2 Å². The second-order valence-electron chi connectivity index (χ2n) is 13.4. The van der Waals surface area contributed by atoms with Crippen molar-refractivity contribution in [1.29, 1.82) is 0 Å².